The number of nitrogen functional groups attached to an aromatic ring is 1. The van der Waals surface area contributed by atoms with Gasteiger partial charge in [-0.15, -0.1) is 0 Å². The van der Waals surface area contributed by atoms with Crippen LogP contribution in [0.3, 0.4) is 0 Å². The number of carbonyl (C=O) groups is 1. The Labute approximate surface area is 139 Å². The van der Waals surface area contributed by atoms with Gasteiger partial charge in [-0.05, 0) is 55.5 Å². The van der Waals surface area contributed by atoms with E-state index >= 15 is 0 Å². The van der Waals surface area contributed by atoms with Gasteiger partial charge in [-0.1, -0.05) is 0 Å². The Morgan fingerprint density at radius 1 is 1.00 bits per heavy atom. The maximum Gasteiger partial charge on any atom is 0.193 e. The Kier molecular flexibility index (Phi) is 3.31. The van der Waals surface area contributed by atoms with Crippen molar-refractivity contribution in [2.45, 2.75) is 13.5 Å². The number of aryl methyl sites for hydroxylation is 1. The Morgan fingerprint density at radius 3 is 2.46 bits per heavy atom. The fourth-order valence-corrected chi connectivity index (χ4v) is 3.23. The first-order valence-corrected chi connectivity index (χ1v) is 7.95. The summed E-state index contributed by atoms with van der Waals surface area (Å²) < 4.78 is 2.24. The SMILES string of the molecule is CCn1c2ccncc2c2cc(C(=O)c3ccc(N)cc3)ccc21. The lowest BCUT2D eigenvalue weighted by molar-refractivity contribution is 0.103. The number of fused-ring (bicyclic) bond motifs is 3. The lowest BCUT2D eigenvalue weighted by Gasteiger charge is -2.04. The number of pyridine rings is 1. The standard InChI is InChI=1S/C20H17N3O/c1-2-23-18-8-5-14(20(24)13-3-6-15(21)7-4-13)11-16(18)17-12-22-10-9-19(17)23/h3-12H,2,21H2,1H3. The van der Waals surface area contributed by atoms with Crippen molar-refractivity contribution in [2.75, 3.05) is 5.73 Å². The number of hydrogen-bond acceptors (Lipinski definition) is 3. The molecule has 0 atom stereocenters. The van der Waals surface area contributed by atoms with E-state index < -0.39 is 0 Å². The van der Waals surface area contributed by atoms with Crippen molar-refractivity contribution in [3.05, 3.63) is 72.1 Å². The van der Waals surface area contributed by atoms with Gasteiger partial charge in [-0.2, -0.15) is 0 Å². The van der Waals surface area contributed by atoms with Gasteiger partial charge in [0.2, 0.25) is 0 Å². The highest BCUT2D eigenvalue weighted by atomic mass is 16.1. The molecule has 0 aliphatic rings. The molecule has 0 spiro atoms. The second-order valence-electron chi connectivity index (χ2n) is 5.82. The summed E-state index contributed by atoms with van der Waals surface area (Å²) in [5.41, 5.74) is 9.92. The minimum atomic E-state index is -0.00168. The van der Waals surface area contributed by atoms with Crippen molar-refractivity contribution in [1.29, 1.82) is 0 Å². The summed E-state index contributed by atoms with van der Waals surface area (Å²) in [5.74, 6) is -0.00168. The van der Waals surface area contributed by atoms with E-state index in [1.54, 1.807) is 30.5 Å². The van der Waals surface area contributed by atoms with E-state index in [4.69, 9.17) is 5.73 Å². The number of nitrogens with zero attached hydrogens (tertiary/aromatic N) is 2. The molecule has 0 unspecified atom stereocenters. The molecule has 0 aliphatic carbocycles. The molecule has 0 saturated heterocycles. The topological polar surface area (TPSA) is 60.9 Å². The minimum Gasteiger partial charge on any atom is -0.399 e. The van der Waals surface area contributed by atoms with Crippen LogP contribution in [0.2, 0.25) is 0 Å². The van der Waals surface area contributed by atoms with E-state index in [2.05, 4.69) is 16.5 Å². The predicted molar refractivity (Wildman–Crippen MR) is 97.2 cm³/mol. The number of hydrogen-bond donors (Lipinski definition) is 1. The molecule has 0 bridgehead atoms. The third kappa shape index (κ3) is 2.15. The van der Waals surface area contributed by atoms with E-state index in [0.717, 1.165) is 28.4 Å². The zero-order valence-electron chi connectivity index (χ0n) is 13.4. The largest absolute Gasteiger partial charge is 0.399 e. The van der Waals surface area contributed by atoms with Gasteiger partial charge in [0.25, 0.3) is 0 Å². The number of carbonyl (C=O) groups excluding carboxylic acids is 1. The number of rotatable bonds is 3. The average molecular weight is 315 g/mol. The zero-order valence-corrected chi connectivity index (χ0v) is 13.4. The van der Waals surface area contributed by atoms with Crippen LogP contribution in [0.5, 0.6) is 0 Å². The lowest BCUT2D eigenvalue weighted by Crippen LogP contribution is -2.01. The molecule has 2 aromatic carbocycles. The molecular weight excluding hydrogens is 298 g/mol. The van der Waals surface area contributed by atoms with Gasteiger partial charge < -0.3 is 10.3 Å². The summed E-state index contributed by atoms with van der Waals surface area (Å²) in [6, 6.07) is 14.9. The molecule has 0 fully saturated rings. The van der Waals surface area contributed by atoms with Crippen molar-refractivity contribution in [3.63, 3.8) is 0 Å². The van der Waals surface area contributed by atoms with Crippen molar-refractivity contribution in [1.82, 2.24) is 9.55 Å². The molecule has 4 aromatic rings. The predicted octanol–water partition coefficient (Wildman–Crippen LogP) is 4.02. The van der Waals surface area contributed by atoms with Crippen LogP contribution in [0, 0.1) is 0 Å². The molecule has 4 rings (SSSR count). The van der Waals surface area contributed by atoms with Crippen LogP contribution in [0.4, 0.5) is 5.69 Å². The molecule has 24 heavy (non-hydrogen) atoms. The quantitative estimate of drug-likeness (QED) is 0.459. The molecular formula is C20H17N3O. The average Bonchev–Trinajstić information content (AvgIpc) is 2.95. The van der Waals surface area contributed by atoms with Crippen LogP contribution in [0.15, 0.2) is 60.9 Å². The lowest BCUT2D eigenvalue weighted by atomic mass is 10.0. The van der Waals surface area contributed by atoms with Gasteiger partial charge in [0.15, 0.2) is 5.78 Å². The van der Waals surface area contributed by atoms with Crippen molar-refractivity contribution in [2.24, 2.45) is 0 Å². The van der Waals surface area contributed by atoms with Crippen LogP contribution < -0.4 is 5.73 Å². The minimum absolute atomic E-state index is 0.00168. The molecule has 0 saturated carbocycles. The van der Waals surface area contributed by atoms with Gasteiger partial charge >= 0.3 is 0 Å². The molecule has 0 amide bonds. The molecule has 2 heterocycles. The van der Waals surface area contributed by atoms with E-state index in [9.17, 15) is 4.79 Å². The number of ketones is 1. The summed E-state index contributed by atoms with van der Waals surface area (Å²) in [6.45, 7) is 2.99. The van der Waals surface area contributed by atoms with Crippen LogP contribution in [-0.2, 0) is 6.54 Å². The van der Waals surface area contributed by atoms with Crippen LogP contribution >= 0.6 is 0 Å². The Bertz CT molecular complexity index is 1060. The molecule has 2 N–H and O–H groups in total. The van der Waals surface area contributed by atoms with E-state index in [1.807, 2.05) is 30.5 Å². The van der Waals surface area contributed by atoms with E-state index in [1.165, 1.54) is 0 Å². The first-order valence-electron chi connectivity index (χ1n) is 7.95. The summed E-state index contributed by atoms with van der Waals surface area (Å²) in [4.78, 5) is 17.0. The van der Waals surface area contributed by atoms with Gasteiger partial charge in [-0.25, -0.2) is 0 Å². The maximum atomic E-state index is 12.8. The molecule has 0 radical (unpaired) electrons. The molecule has 0 aliphatic heterocycles. The van der Waals surface area contributed by atoms with Crippen LogP contribution in [-0.4, -0.2) is 15.3 Å². The summed E-state index contributed by atoms with van der Waals surface area (Å²) in [6.07, 6.45) is 3.66. The zero-order chi connectivity index (χ0) is 16.7. The van der Waals surface area contributed by atoms with Gasteiger partial charge in [-0.3, -0.25) is 9.78 Å². The van der Waals surface area contributed by atoms with E-state index in [-0.39, 0.29) is 5.78 Å². The highest BCUT2D eigenvalue weighted by Crippen LogP contribution is 2.29. The van der Waals surface area contributed by atoms with Crippen LogP contribution in [0.1, 0.15) is 22.8 Å². The summed E-state index contributed by atoms with van der Waals surface area (Å²) >= 11 is 0. The number of benzene rings is 2. The number of aromatic nitrogens is 2. The maximum absolute atomic E-state index is 12.8. The highest BCUT2D eigenvalue weighted by molar-refractivity contribution is 6.14. The van der Waals surface area contributed by atoms with E-state index in [0.29, 0.717) is 16.8 Å². The smallest absolute Gasteiger partial charge is 0.193 e. The normalized spacial score (nSPS) is 11.2. The first kappa shape index (κ1) is 14.5. The second-order valence-corrected chi connectivity index (χ2v) is 5.82. The van der Waals surface area contributed by atoms with Crippen molar-refractivity contribution < 1.29 is 4.79 Å². The van der Waals surface area contributed by atoms with Crippen LogP contribution in [0.25, 0.3) is 21.8 Å². The Balaban J connectivity index is 1.91. The van der Waals surface area contributed by atoms with Crippen molar-refractivity contribution >= 4 is 33.3 Å². The highest BCUT2D eigenvalue weighted by Gasteiger charge is 2.14. The fraction of sp³-hybridized carbons (Fsp3) is 0.100. The Hall–Kier alpha value is -3.14. The third-order valence-corrected chi connectivity index (χ3v) is 4.42. The Morgan fingerprint density at radius 2 is 1.71 bits per heavy atom. The van der Waals surface area contributed by atoms with Gasteiger partial charge in [0.05, 0.1) is 5.52 Å². The monoisotopic (exact) mass is 315 g/mol. The first-order chi connectivity index (χ1) is 11.7. The molecule has 4 heteroatoms. The van der Waals surface area contributed by atoms with Gasteiger partial charge in [0, 0.05) is 52.0 Å². The molecule has 4 nitrogen and oxygen atoms in total. The summed E-state index contributed by atoms with van der Waals surface area (Å²) in [5, 5.41) is 2.13. The molecule has 2 aromatic heterocycles. The fourth-order valence-electron chi connectivity index (χ4n) is 3.23. The second kappa shape index (κ2) is 5.49. The molecule has 118 valence electrons. The van der Waals surface area contributed by atoms with Gasteiger partial charge in [0.1, 0.15) is 0 Å². The summed E-state index contributed by atoms with van der Waals surface area (Å²) in [7, 11) is 0. The number of nitrogens with two attached hydrogens (primary N) is 1. The third-order valence-electron chi connectivity index (χ3n) is 4.42. The van der Waals surface area contributed by atoms with Crippen molar-refractivity contribution in [3.8, 4) is 0 Å². The number of anilines is 1.